The van der Waals surface area contributed by atoms with Crippen molar-refractivity contribution < 1.29 is 9.59 Å². The first-order valence-electron chi connectivity index (χ1n) is 8.10. The molecule has 118 valence electrons. The molecular formula is C20H21NO2. The van der Waals surface area contributed by atoms with E-state index in [2.05, 4.69) is 17.4 Å². The molecule has 0 bridgehead atoms. The second kappa shape index (κ2) is 6.78. The van der Waals surface area contributed by atoms with Crippen molar-refractivity contribution in [2.45, 2.75) is 31.1 Å². The zero-order chi connectivity index (χ0) is 16.1. The largest absolute Gasteiger partial charge is 0.351 e. The molecule has 1 aliphatic rings. The van der Waals surface area contributed by atoms with E-state index >= 15 is 0 Å². The summed E-state index contributed by atoms with van der Waals surface area (Å²) in [6.45, 7) is 0.497. The molecule has 1 atom stereocenters. The molecule has 2 aromatic rings. The van der Waals surface area contributed by atoms with Gasteiger partial charge in [-0.3, -0.25) is 9.59 Å². The van der Waals surface area contributed by atoms with Crippen molar-refractivity contribution in [3.05, 3.63) is 71.8 Å². The summed E-state index contributed by atoms with van der Waals surface area (Å²) < 4.78 is 0. The van der Waals surface area contributed by atoms with Crippen LogP contribution in [0.3, 0.4) is 0 Å². The monoisotopic (exact) mass is 307 g/mol. The van der Waals surface area contributed by atoms with Crippen molar-refractivity contribution in [1.82, 2.24) is 5.32 Å². The van der Waals surface area contributed by atoms with E-state index in [0.717, 1.165) is 18.4 Å². The van der Waals surface area contributed by atoms with Crippen molar-refractivity contribution in [2.24, 2.45) is 0 Å². The summed E-state index contributed by atoms with van der Waals surface area (Å²) in [6.07, 6.45) is 2.97. The van der Waals surface area contributed by atoms with Crippen LogP contribution in [0.5, 0.6) is 0 Å². The molecule has 1 amide bonds. The van der Waals surface area contributed by atoms with Gasteiger partial charge in [0.05, 0.1) is 0 Å². The van der Waals surface area contributed by atoms with Crippen molar-refractivity contribution >= 4 is 11.7 Å². The van der Waals surface area contributed by atoms with Gasteiger partial charge in [-0.1, -0.05) is 48.5 Å². The Labute approximate surface area is 136 Å². The zero-order valence-electron chi connectivity index (χ0n) is 13.1. The van der Waals surface area contributed by atoms with E-state index in [-0.39, 0.29) is 17.1 Å². The predicted octanol–water partition coefficient (Wildman–Crippen LogP) is 3.50. The van der Waals surface area contributed by atoms with Crippen LogP contribution in [-0.2, 0) is 10.2 Å². The third-order valence-electron chi connectivity index (χ3n) is 4.66. The molecule has 2 aromatic carbocycles. The van der Waals surface area contributed by atoms with E-state index in [1.54, 1.807) is 12.1 Å². The lowest BCUT2D eigenvalue weighted by Gasteiger charge is -2.37. The fraction of sp³-hybridized carbons (Fsp3) is 0.300. The Kier molecular flexibility index (Phi) is 4.56. The molecule has 3 rings (SSSR count). The lowest BCUT2D eigenvalue weighted by atomic mass is 9.69. The smallest absolute Gasteiger partial charge is 0.251 e. The van der Waals surface area contributed by atoms with E-state index in [1.165, 1.54) is 0 Å². The van der Waals surface area contributed by atoms with Gasteiger partial charge in [-0.15, -0.1) is 0 Å². The average Bonchev–Trinajstić information content (AvgIpc) is 2.61. The Morgan fingerprint density at radius 3 is 2.30 bits per heavy atom. The Bertz CT molecular complexity index is 681. The molecule has 0 radical (unpaired) electrons. The lowest BCUT2D eigenvalue weighted by Crippen LogP contribution is -2.44. The molecule has 0 aromatic heterocycles. The van der Waals surface area contributed by atoms with Crippen LogP contribution in [0.25, 0.3) is 0 Å². The number of nitrogens with one attached hydrogen (secondary N) is 1. The SMILES string of the molecule is O=C1CCCC(CNC(=O)c2ccccc2)(c2ccccc2)C1. The van der Waals surface area contributed by atoms with E-state index in [1.807, 2.05) is 36.4 Å². The summed E-state index contributed by atoms with van der Waals surface area (Å²) >= 11 is 0. The highest BCUT2D eigenvalue weighted by Gasteiger charge is 2.37. The van der Waals surface area contributed by atoms with Crippen LogP contribution in [0.15, 0.2) is 60.7 Å². The molecule has 3 nitrogen and oxygen atoms in total. The van der Waals surface area contributed by atoms with Crippen LogP contribution in [0.2, 0.25) is 0 Å². The van der Waals surface area contributed by atoms with Crippen LogP contribution in [-0.4, -0.2) is 18.2 Å². The minimum Gasteiger partial charge on any atom is -0.351 e. The van der Waals surface area contributed by atoms with Crippen molar-refractivity contribution in [3.63, 3.8) is 0 Å². The molecule has 0 heterocycles. The molecule has 0 saturated heterocycles. The summed E-state index contributed by atoms with van der Waals surface area (Å²) in [5.41, 5.74) is 1.51. The minimum absolute atomic E-state index is 0.0843. The molecule has 0 aliphatic heterocycles. The second-order valence-electron chi connectivity index (χ2n) is 6.26. The van der Waals surface area contributed by atoms with E-state index in [0.29, 0.717) is 24.9 Å². The molecular weight excluding hydrogens is 286 g/mol. The topological polar surface area (TPSA) is 46.2 Å². The first-order chi connectivity index (χ1) is 11.2. The summed E-state index contributed by atoms with van der Waals surface area (Å²) in [6, 6.07) is 19.3. The Morgan fingerprint density at radius 2 is 1.65 bits per heavy atom. The Balaban J connectivity index is 1.80. The van der Waals surface area contributed by atoms with Gasteiger partial charge in [0.2, 0.25) is 0 Å². The van der Waals surface area contributed by atoms with Gasteiger partial charge in [-0.2, -0.15) is 0 Å². The summed E-state index contributed by atoms with van der Waals surface area (Å²) in [7, 11) is 0. The number of Topliss-reactive ketones (excluding diaryl/α,β-unsaturated/α-hetero) is 1. The van der Waals surface area contributed by atoms with Crippen LogP contribution < -0.4 is 5.32 Å². The van der Waals surface area contributed by atoms with Crippen LogP contribution in [0.4, 0.5) is 0 Å². The molecule has 1 unspecified atom stereocenters. The van der Waals surface area contributed by atoms with Crippen LogP contribution in [0, 0.1) is 0 Å². The fourth-order valence-corrected chi connectivity index (χ4v) is 3.41. The number of carbonyl (C=O) groups excluding carboxylic acids is 2. The second-order valence-corrected chi connectivity index (χ2v) is 6.26. The lowest BCUT2D eigenvalue weighted by molar-refractivity contribution is -0.122. The van der Waals surface area contributed by atoms with Gasteiger partial charge in [-0.25, -0.2) is 0 Å². The van der Waals surface area contributed by atoms with Crippen molar-refractivity contribution in [1.29, 1.82) is 0 Å². The quantitative estimate of drug-likeness (QED) is 0.939. The summed E-state index contributed by atoms with van der Waals surface area (Å²) in [5, 5.41) is 3.04. The van der Waals surface area contributed by atoms with Crippen molar-refractivity contribution in [3.8, 4) is 0 Å². The number of rotatable bonds is 4. The standard InChI is InChI=1S/C20H21NO2/c22-18-12-7-13-20(14-18,17-10-5-2-6-11-17)15-21-19(23)16-8-3-1-4-9-16/h1-6,8-11H,7,12-15H2,(H,21,23). The first kappa shape index (κ1) is 15.5. The van der Waals surface area contributed by atoms with E-state index < -0.39 is 0 Å². The third kappa shape index (κ3) is 3.50. The number of hydrogen-bond acceptors (Lipinski definition) is 2. The zero-order valence-corrected chi connectivity index (χ0v) is 13.1. The molecule has 1 aliphatic carbocycles. The fourth-order valence-electron chi connectivity index (χ4n) is 3.41. The molecule has 23 heavy (non-hydrogen) atoms. The molecule has 1 saturated carbocycles. The van der Waals surface area contributed by atoms with Gasteiger partial charge >= 0.3 is 0 Å². The highest BCUT2D eigenvalue weighted by Crippen LogP contribution is 2.37. The Hall–Kier alpha value is -2.42. The average molecular weight is 307 g/mol. The van der Waals surface area contributed by atoms with Gasteiger partial charge in [0.1, 0.15) is 5.78 Å². The van der Waals surface area contributed by atoms with Crippen molar-refractivity contribution in [2.75, 3.05) is 6.54 Å². The van der Waals surface area contributed by atoms with E-state index in [4.69, 9.17) is 0 Å². The molecule has 3 heteroatoms. The Morgan fingerprint density at radius 1 is 1.00 bits per heavy atom. The number of amides is 1. The first-order valence-corrected chi connectivity index (χ1v) is 8.10. The van der Waals surface area contributed by atoms with E-state index in [9.17, 15) is 9.59 Å². The van der Waals surface area contributed by atoms with Gasteiger partial charge < -0.3 is 5.32 Å². The number of benzene rings is 2. The third-order valence-corrected chi connectivity index (χ3v) is 4.66. The predicted molar refractivity (Wildman–Crippen MR) is 90.4 cm³/mol. The maximum atomic E-state index is 12.3. The summed E-state index contributed by atoms with van der Waals surface area (Å²) in [4.78, 5) is 24.4. The summed E-state index contributed by atoms with van der Waals surface area (Å²) in [5.74, 6) is 0.202. The van der Waals surface area contributed by atoms with Gasteiger partial charge in [-0.05, 0) is 30.5 Å². The minimum atomic E-state index is -0.277. The maximum absolute atomic E-state index is 12.3. The number of carbonyl (C=O) groups is 2. The number of hydrogen-bond donors (Lipinski definition) is 1. The van der Waals surface area contributed by atoms with Crippen LogP contribution >= 0.6 is 0 Å². The molecule has 1 N–H and O–H groups in total. The molecule has 1 fully saturated rings. The highest BCUT2D eigenvalue weighted by molar-refractivity contribution is 5.94. The maximum Gasteiger partial charge on any atom is 0.251 e. The molecule has 0 spiro atoms. The normalized spacial score (nSPS) is 21.0. The van der Waals surface area contributed by atoms with Gasteiger partial charge in [0.15, 0.2) is 0 Å². The van der Waals surface area contributed by atoms with Gasteiger partial charge in [0.25, 0.3) is 5.91 Å². The number of ketones is 1. The van der Waals surface area contributed by atoms with Crippen LogP contribution in [0.1, 0.15) is 41.6 Å². The van der Waals surface area contributed by atoms with Gasteiger partial charge in [0, 0.05) is 30.4 Å². The highest BCUT2D eigenvalue weighted by atomic mass is 16.1.